The van der Waals surface area contributed by atoms with Crippen LogP contribution < -0.4 is 5.32 Å². The van der Waals surface area contributed by atoms with Gasteiger partial charge in [-0.15, -0.1) is 0 Å². The van der Waals surface area contributed by atoms with Crippen LogP contribution in [0.1, 0.15) is 46.3 Å². The fourth-order valence-corrected chi connectivity index (χ4v) is 3.52. The minimum absolute atomic E-state index is 0.0500. The standard InChI is InChI=1S/C18H20N6O2/c1-10-7-12(16-11(2)23-26-17(16)21-10)18(25)24-6-4-5-14(24)13-8-20-9-15(19-3)22-13/h7-9,14H,4-6H2,1-3H3,(H,19,22). The summed E-state index contributed by atoms with van der Waals surface area (Å²) >= 11 is 0. The molecule has 0 bridgehead atoms. The lowest BCUT2D eigenvalue weighted by molar-refractivity contribution is 0.0734. The number of nitrogens with zero attached hydrogens (tertiary/aromatic N) is 5. The molecule has 1 N–H and O–H groups in total. The molecule has 1 saturated heterocycles. The predicted molar refractivity (Wildman–Crippen MR) is 95.9 cm³/mol. The molecule has 3 aromatic rings. The van der Waals surface area contributed by atoms with Gasteiger partial charge in [0.2, 0.25) is 0 Å². The number of amides is 1. The van der Waals surface area contributed by atoms with Crippen LogP contribution in [0.5, 0.6) is 0 Å². The molecule has 26 heavy (non-hydrogen) atoms. The van der Waals surface area contributed by atoms with E-state index >= 15 is 0 Å². The van der Waals surface area contributed by atoms with Gasteiger partial charge < -0.3 is 14.7 Å². The number of hydrogen-bond donors (Lipinski definition) is 1. The van der Waals surface area contributed by atoms with Crippen LogP contribution in [0.15, 0.2) is 23.0 Å². The van der Waals surface area contributed by atoms with Gasteiger partial charge in [0, 0.05) is 19.3 Å². The molecule has 3 aromatic heterocycles. The van der Waals surface area contributed by atoms with Crippen LogP contribution >= 0.6 is 0 Å². The van der Waals surface area contributed by atoms with Gasteiger partial charge in [-0.2, -0.15) is 0 Å². The highest BCUT2D eigenvalue weighted by molar-refractivity contribution is 6.06. The number of aryl methyl sites for hydroxylation is 2. The molecule has 1 fully saturated rings. The van der Waals surface area contributed by atoms with Gasteiger partial charge >= 0.3 is 0 Å². The van der Waals surface area contributed by atoms with Crippen LogP contribution in [0.25, 0.3) is 11.1 Å². The zero-order valence-electron chi connectivity index (χ0n) is 15.0. The Labute approximate surface area is 150 Å². The van der Waals surface area contributed by atoms with Gasteiger partial charge in [0.05, 0.1) is 40.8 Å². The topological polar surface area (TPSA) is 97.0 Å². The van der Waals surface area contributed by atoms with Crippen molar-refractivity contribution in [1.82, 2.24) is 25.0 Å². The summed E-state index contributed by atoms with van der Waals surface area (Å²) in [6.07, 6.45) is 5.19. The Morgan fingerprint density at radius 1 is 1.31 bits per heavy atom. The number of aromatic nitrogens is 4. The first-order chi connectivity index (χ1) is 12.6. The maximum atomic E-state index is 13.4. The maximum Gasteiger partial charge on any atom is 0.258 e. The third kappa shape index (κ3) is 2.67. The van der Waals surface area contributed by atoms with E-state index in [9.17, 15) is 4.79 Å². The quantitative estimate of drug-likeness (QED) is 0.774. The molecule has 4 heterocycles. The lowest BCUT2D eigenvalue weighted by Crippen LogP contribution is -2.31. The van der Waals surface area contributed by atoms with Gasteiger partial charge in [0.15, 0.2) is 0 Å². The monoisotopic (exact) mass is 352 g/mol. The molecule has 8 heteroatoms. The van der Waals surface area contributed by atoms with Crippen molar-refractivity contribution in [3.63, 3.8) is 0 Å². The molecule has 1 unspecified atom stereocenters. The molecular formula is C18H20N6O2. The van der Waals surface area contributed by atoms with Crippen LogP contribution in [-0.4, -0.2) is 44.5 Å². The van der Waals surface area contributed by atoms with Gasteiger partial charge in [0.1, 0.15) is 5.82 Å². The van der Waals surface area contributed by atoms with E-state index in [1.54, 1.807) is 25.5 Å². The van der Waals surface area contributed by atoms with Gasteiger partial charge in [-0.1, -0.05) is 5.16 Å². The highest BCUT2D eigenvalue weighted by Crippen LogP contribution is 2.34. The number of pyridine rings is 1. The highest BCUT2D eigenvalue weighted by Gasteiger charge is 2.33. The van der Waals surface area contributed by atoms with Gasteiger partial charge in [-0.3, -0.25) is 9.78 Å². The number of anilines is 1. The lowest BCUT2D eigenvalue weighted by Gasteiger charge is -2.24. The van der Waals surface area contributed by atoms with E-state index in [0.717, 1.165) is 24.2 Å². The zero-order valence-corrected chi connectivity index (χ0v) is 15.0. The average molecular weight is 352 g/mol. The summed E-state index contributed by atoms with van der Waals surface area (Å²) in [6.45, 7) is 4.35. The van der Waals surface area contributed by atoms with E-state index < -0.39 is 0 Å². The molecule has 1 atom stereocenters. The van der Waals surface area contributed by atoms with E-state index in [4.69, 9.17) is 4.52 Å². The van der Waals surface area contributed by atoms with E-state index in [-0.39, 0.29) is 11.9 Å². The third-order valence-corrected chi connectivity index (χ3v) is 4.74. The third-order valence-electron chi connectivity index (χ3n) is 4.74. The Morgan fingerprint density at radius 3 is 2.96 bits per heavy atom. The van der Waals surface area contributed by atoms with Crippen molar-refractivity contribution < 1.29 is 9.32 Å². The summed E-state index contributed by atoms with van der Waals surface area (Å²) in [4.78, 5) is 28.4. The van der Waals surface area contributed by atoms with Gasteiger partial charge in [0.25, 0.3) is 11.6 Å². The number of rotatable bonds is 3. The number of carbonyl (C=O) groups excluding carboxylic acids is 1. The van der Waals surface area contributed by atoms with E-state index in [2.05, 4.69) is 25.4 Å². The van der Waals surface area contributed by atoms with Crippen molar-refractivity contribution in [1.29, 1.82) is 0 Å². The molecule has 0 aliphatic carbocycles. The van der Waals surface area contributed by atoms with E-state index in [1.807, 2.05) is 18.7 Å². The Morgan fingerprint density at radius 2 is 2.15 bits per heavy atom. The number of fused-ring (bicyclic) bond motifs is 1. The second-order valence-electron chi connectivity index (χ2n) is 6.50. The predicted octanol–water partition coefficient (Wildman–Crippen LogP) is 2.65. The zero-order chi connectivity index (χ0) is 18.3. The number of carbonyl (C=O) groups is 1. The SMILES string of the molecule is CNc1cncc(C2CCCN2C(=O)c2cc(C)nc3onc(C)c23)n1. The first-order valence-electron chi connectivity index (χ1n) is 8.62. The van der Waals surface area contributed by atoms with E-state index in [0.29, 0.717) is 34.7 Å². The second-order valence-corrected chi connectivity index (χ2v) is 6.50. The molecule has 0 radical (unpaired) electrons. The van der Waals surface area contributed by atoms with Crippen LogP contribution in [0.4, 0.5) is 5.82 Å². The van der Waals surface area contributed by atoms with Crippen molar-refractivity contribution >= 4 is 22.8 Å². The number of hydrogen-bond acceptors (Lipinski definition) is 7. The molecule has 1 aliphatic heterocycles. The average Bonchev–Trinajstić information content (AvgIpc) is 3.28. The van der Waals surface area contributed by atoms with Gasteiger partial charge in [-0.25, -0.2) is 9.97 Å². The molecule has 134 valence electrons. The highest BCUT2D eigenvalue weighted by atomic mass is 16.5. The maximum absolute atomic E-state index is 13.4. The fourth-order valence-electron chi connectivity index (χ4n) is 3.52. The summed E-state index contributed by atoms with van der Waals surface area (Å²) < 4.78 is 5.26. The molecule has 1 aliphatic rings. The molecule has 0 saturated carbocycles. The first kappa shape index (κ1) is 16.4. The Bertz CT molecular complexity index is 983. The largest absolute Gasteiger partial charge is 0.372 e. The minimum atomic E-state index is -0.0908. The Hall–Kier alpha value is -3.03. The number of likely N-dealkylation sites (tertiary alicyclic amines) is 1. The summed E-state index contributed by atoms with van der Waals surface area (Å²) in [5.74, 6) is 0.643. The first-order valence-corrected chi connectivity index (χ1v) is 8.62. The van der Waals surface area contributed by atoms with Crippen LogP contribution in [0.2, 0.25) is 0 Å². The molecular weight excluding hydrogens is 332 g/mol. The molecule has 8 nitrogen and oxygen atoms in total. The van der Waals surface area contributed by atoms with Gasteiger partial charge in [-0.05, 0) is 32.8 Å². The van der Waals surface area contributed by atoms with Crippen molar-refractivity contribution in [3.05, 3.63) is 41.1 Å². The molecule has 1 amide bonds. The fraction of sp³-hybridized carbons (Fsp3) is 0.389. The summed E-state index contributed by atoms with van der Waals surface area (Å²) in [6, 6.07) is 1.71. The molecule has 0 spiro atoms. The van der Waals surface area contributed by atoms with Crippen LogP contribution in [0.3, 0.4) is 0 Å². The summed E-state index contributed by atoms with van der Waals surface area (Å²) in [5.41, 5.74) is 3.18. The van der Waals surface area contributed by atoms with Crippen molar-refractivity contribution in [2.45, 2.75) is 32.7 Å². The summed E-state index contributed by atoms with van der Waals surface area (Å²) in [5, 5.41) is 7.65. The number of nitrogens with one attached hydrogen (secondary N) is 1. The van der Waals surface area contributed by atoms with Crippen LogP contribution in [0, 0.1) is 13.8 Å². The lowest BCUT2D eigenvalue weighted by atomic mass is 10.1. The normalized spacial score (nSPS) is 17.0. The summed E-state index contributed by atoms with van der Waals surface area (Å²) in [7, 11) is 1.80. The van der Waals surface area contributed by atoms with Crippen molar-refractivity contribution in [3.8, 4) is 0 Å². The van der Waals surface area contributed by atoms with Crippen molar-refractivity contribution in [2.75, 3.05) is 18.9 Å². The Kier molecular flexibility index (Phi) is 4.02. The van der Waals surface area contributed by atoms with Crippen LogP contribution in [-0.2, 0) is 0 Å². The second kappa shape index (κ2) is 6.36. The smallest absolute Gasteiger partial charge is 0.258 e. The van der Waals surface area contributed by atoms with Crippen molar-refractivity contribution in [2.24, 2.45) is 0 Å². The molecule has 0 aromatic carbocycles. The molecule has 4 rings (SSSR count). The Balaban J connectivity index is 1.75. The minimum Gasteiger partial charge on any atom is -0.372 e. The van der Waals surface area contributed by atoms with E-state index in [1.165, 1.54) is 0 Å².